The third kappa shape index (κ3) is 3.40. The lowest BCUT2D eigenvalue weighted by atomic mass is 9.87. The van der Waals surface area contributed by atoms with Crippen molar-refractivity contribution in [1.29, 1.82) is 0 Å². The summed E-state index contributed by atoms with van der Waals surface area (Å²) < 4.78 is 41.6. The highest BCUT2D eigenvalue weighted by molar-refractivity contribution is 5.84. The third-order valence-corrected chi connectivity index (χ3v) is 4.65. The number of hydrogen-bond donors (Lipinski definition) is 0. The Labute approximate surface area is 141 Å². The molecule has 0 atom stereocenters. The van der Waals surface area contributed by atoms with E-state index in [2.05, 4.69) is 6.92 Å². The zero-order valence-electron chi connectivity index (χ0n) is 13.8. The lowest BCUT2D eigenvalue weighted by Crippen LogP contribution is -2.05. The van der Waals surface area contributed by atoms with Crippen LogP contribution in [0.3, 0.4) is 0 Å². The van der Waals surface area contributed by atoms with Crippen LogP contribution in [0.2, 0.25) is 0 Å². The molecule has 0 fully saturated rings. The Morgan fingerprint density at radius 2 is 1.75 bits per heavy atom. The Hall–Kier alpha value is -2.03. The second-order valence-electron chi connectivity index (χ2n) is 6.37. The molecule has 0 aromatic heterocycles. The second kappa shape index (κ2) is 7.25. The maximum absolute atomic E-state index is 14.5. The second-order valence-corrected chi connectivity index (χ2v) is 6.37. The topological polar surface area (TPSA) is 0 Å². The zero-order chi connectivity index (χ0) is 17.1. The molecule has 0 saturated carbocycles. The summed E-state index contributed by atoms with van der Waals surface area (Å²) in [5.74, 6) is -1.84. The molecule has 1 aliphatic carbocycles. The summed E-state index contributed by atoms with van der Waals surface area (Å²) in [5, 5.41) is 0. The molecule has 0 bridgehead atoms. The third-order valence-electron chi connectivity index (χ3n) is 4.65. The minimum absolute atomic E-state index is 0.235. The summed E-state index contributed by atoms with van der Waals surface area (Å²) in [5.41, 5.74) is 3.43. The number of allylic oxidation sites excluding steroid dienone is 1. The van der Waals surface area contributed by atoms with Crippen LogP contribution in [-0.2, 0) is 12.8 Å². The van der Waals surface area contributed by atoms with Crippen LogP contribution >= 0.6 is 0 Å². The van der Waals surface area contributed by atoms with Crippen molar-refractivity contribution in [3.63, 3.8) is 0 Å². The molecule has 2 aromatic carbocycles. The van der Waals surface area contributed by atoms with Gasteiger partial charge in [-0.3, -0.25) is 0 Å². The van der Waals surface area contributed by atoms with Crippen molar-refractivity contribution in [2.75, 3.05) is 0 Å². The van der Waals surface area contributed by atoms with Gasteiger partial charge >= 0.3 is 0 Å². The molecule has 0 saturated heterocycles. The van der Waals surface area contributed by atoms with Crippen LogP contribution in [0, 0.1) is 17.5 Å². The van der Waals surface area contributed by atoms with Gasteiger partial charge in [-0.25, -0.2) is 13.2 Å². The standard InChI is InChI=1S/C21H21F3/c1-2-3-4-5-14-6-9-17(20(23)12-14)15-7-10-18-16(13-15)8-11-19(22)21(18)24/h6,8-9,11-13H,2-5,7,10H2,1H3. The highest BCUT2D eigenvalue weighted by Gasteiger charge is 2.19. The number of aryl methyl sites for hydroxylation is 1. The molecule has 0 aliphatic heterocycles. The van der Waals surface area contributed by atoms with Crippen LogP contribution in [0.5, 0.6) is 0 Å². The van der Waals surface area contributed by atoms with E-state index in [-0.39, 0.29) is 5.82 Å². The lowest BCUT2D eigenvalue weighted by Gasteiger charge is -2.18. The molecular weight excluding hydrogens is 309 g/mol. The van der Waals surface area contributed by atoms with Crippen molar-refractivity contribution in [2.24, 2.45) is 0 Å². The molecule has 0 radical (unpaired) electrons. The van der Waals surface area contributed by atoms with E-state index >= 15 is 0 Å². The molecule has 0 heterocycles. The number of rotatable bonds is 5. The summed E-state index contributed by atoms with van der Waals surface area (Å²) in [7, 11) is 0. The predicted octanol–water partition coefficient (Wildman–Crippen LogP) is 6.32. The van der Waals surface area contributed by atoms with E-state index in [0.29, 0.717) is 29.5 Å². The summed E-state index contributed by atoms with van der Waals surface area (Å²) >= 11 is 0. The SMILES string of the molecule is CCCCCc1ccc(C2=Cc3ccc(F)c(F)c3CC2)c(F)c1. The van der Waals surface area contributed by atoms with Crippen LogP contribution in [0.4, 0.5) is 13.2 Å². The van der Waals surface area contributed by atoms with Gasteiger partial charge in [-0.15, -0.1) is 0 Å². The molecule has 3 heteroatoms. The number of hydrogen-bond acceptors (Lipinski definition) is 0. The van der Waals surface area contributed by atoms with Crippen LogP contribution in [0.25, 0.3) is 11.6 Å². The van der Waals surface area contributed by atoms with E-state index in [0.717, 1.165) is 42.9 Å². The lowest BCUT2D eigenvalue weighted by molar-refractivity contribution is 0.498. The fourth-order valence-corrected chi connectivity index (χ4v) is 3.28. The van der Waals surface area contributed by atoms with Gasteiger partial charge in [0.05, 0.1) is 0 Å². The average molecular weight is 330 g/mol. The first kappa shape index (κ1) is 16.8. The van der Waals surface area contributed by atoms with Gasteiger partial charge in [0.25, 0.3) is 0 Å². The van der Waals surface area contributed by atoms with Crippen LogP contribution in [-0.4, -0.2) is 0 Å². The zero-order valence-corrected chi connectivity index (χ0v) is 13.8. The van der Waals surface area contributed by atoms with E-state index < -0.39 is 11.6 Å². The molecule has 1 aliphatic rings. The van der Waals surface area contributed by atoms with Crippen molar-refractivity contribution in [2.45, 2.75) is 45.4 Å². The van der Waals surface area contributed by atoms with Gasteiger partial charge in [-0.1, -0.05) is 44.0 Å². The predicted molar refractivity (Wildman–Crippen MR) is 92.2 cm³/mol. The van der Waals surface area contributed by atoms with E-state index in [1.165, 1.54) is 0 Å². The van der Waals surface area contributed by atoms with Crippen molar-refractivity contribution in [3.05, 3.63) is 70.0 Å². The number of halogens is 3. The van der Waals surface area contributed by atoms with Gasteiger partial charge in [0.2, 0.25) is 0 Å². The normalized spacial score (nSPS) is 13.6. The van der Waals surface area contributed by atoms with Crippen molar-refractivity contribution >= 4 is 11.6 Å². The molecule has 0 nitrogen and oxygen atoms in total. The van der Waals surface area contributed by atoms with Gasteiger partial charge in [0.1, 0.15) is 5.82 Å². The smallest absolute Gasteiger partial charge is 0.162 e. The Balaban J connectivity index is 1.86. The first-order valence-corrected chi connectivity index (χ1v) is 8.56. The van der Waals surface area contributed by atoms with Gasteiger partial charge in [0, 0.05) is 5.56 Å². The van der Waals surface area contributed by atoms with Gasteiger partial charge in [-0.05, 0) is 60.1 Å². The summed E-state index contributed by atoms with van der Waals surface area (Å²) in [6, 6.07) is 8.07. The number of fused-ring (bicyclic) bond motifs is 1. The minimum atomic E-state index is -0.826. The van der Waals surface area contributed by atoms with Gasteiger partial charge < -0.3 is 0 Å². The Kier molecular flexibility index (Phi) is 5.08. The van der Waals surface area contributed by atoms with Crippen LogP contribution in [0.1, 0.15) is 54.9 Å². The highest BCUT2D eigenvalue weighted by atomic mass is 19.2. The Morgan fingerprint density at radius 1 is 0.917 bits per heavy atom. The van der Waals surface area contributed by atoms with Crippen LogP contribution in [0.15, 0.2) is 30.3 Å². The van der Waals surface area contributed by atoms with Crippen molar-refractivity contribution in [1.82, 2.24) is 0 Å². The van der Waals surface area contributed by atoms with Crippen molar-refractivity contribution < 1.29 is 13.2 Å². The summed E-state index contributed by atoms with van der Waals surface area (Å²) in [6.07, 6.45) is 6.92. The number of benzene rings is 2. The molecule has 2 aromatic rings. The highest BCUT2D eigenvalue weighted by Crippen LogP contribution is 2.33. The fourth-order valence-electron chi connectivity index (χ4n) is 3.28. The first-order valence-electron chi connectivity index (χ1n) is 8.56. The van der Waals surface area contributed by atoms with E-state index in [4.69, 9.17) is 0 Å². The summed E-state index contributed by atoms with van der Waals surface area (Å²) in [4.78, 5) is 0. The fraction of sp³-hybridized carbons (Fsp3) is 0.333. The molecular formula is C21H21F3. The Bertz CT molecular complexity index is 775. The van der Waals surface area contributed by atoms with Gasteiger partial charge in [-0.2, -0.15) is 0 Å². The molecule has 0 spiro atoms. The number of unbranched alkanes of at least 4 members (excludes halogenated alkanes) is 2. The molecule has 24 heavy (non-hydrogen) atoms. The first-order chi connectivity index (χ1) is 11.6. The minimum Gasteiger partial charge on any atom is -0.206 e. The van der Waals surface area contributed by atoms with Gasteiger partial charge in [0.15, 0.2) is 11.6 Å². The van der Waals surface area contributed by atoms with Crippen LogP contribution < -0.4 is 0 Å². The molecule has 126 valence electrons. The van der Waals surface area contributed by atoms with E-state index in [1.54, 1.807) is 18.2 Å². The Morgan fingerprint density at radius 3 is 2.50 bits per heavy atom. The quantitative estimate of drug-likeness (QED) is 0.562. The van der Waals surface area contributed by atoms with Crippen molar-refractivity contribution in [3.8, 4) is 0 Å². The maximum Gasteiger partial charge on any atom is 0.162 e. The molecule has 0 N–H and O–H groups in total. The average Bonchev–Trinajstić information content (AvgIpc) is 2.58. The molecule has 3 rings (SSSR count). The van der Waals surface area contributed by atoms with E-state index in [9.17, 15) is 13.2 Å². The molecule has 0 unspecified atom stereocenters. The largest absolute Gasteiger partial charge is 0.206 e. The maximum atomic E-state index is 14.5. The molecule has 0 amide bonds. The van der Waals surface area contributed by atoms with E-state index in [1.807, 2.05) is 12.1 Å². The summed E-state index contributed by atoms with van der Waals surface area (Å²) in [6.45, 7) is 2.14. The monoisotopic (exact) mass is 330 g/mol.